The van der Waals surface area contributed by atoms with Crippen LogP contribution in [0.25, 0.3) is 0 Å². The largest absolute Gasteiger partial charge is 0.383 e. The monoisotopic (exact) mass is 317 g/mol. The Morgan fingerprint density at radius 2 is 1.95 bits per heavy atom. The summed E-state index contributed by atoms with van der Waals surface area (Å²) in [5, 5.41) is 0. The number of likely N-dealkylation sites (tertiary alicyclic amines) is 1. The van der Waals surface area contributed by atoms with Crippen molar-refractivity contribution in [2.75, 3.05) is 12.4 Å². The second kappa shape index (κ2) is 5.87. The average Bonchev–Trinajstić information content (AvgIpc) is 2.35. The summed E-state index contributed by atoms with van der Waals surface area (Å²) >= 11 is 5.44. The molecule has 1 unspecified atom stereocenters. The van der Waals surface area contributed by atoms with Gasteiger partial charge in [-0.3, -0.25) is 9.59 Å². The summed E-state index contributed by atoms with van der Waals surface area (Å²) in [4.78, 5) is 24.1. The van der Waals surface area contributed by atoms with Gasteiger partial charge in [-0.25, -0.2) is 8.78 Å². The quantitative estimate of drug-likeness (QED) is 0.590. The molecule has 116 valence electrons. The van der Waals surface area contributed by atoms with Crippen LogP contribution < -0.4 is 0 Å². The summed E-state index contributed by atoms with van der Waals surface area (Å²) in [6.45, 7) is 3.10. The molecule has 1 saturated heterocycles. The van der Waals surface area contributed by atoms with Gasteiger partial charge < -0.3 is 4.90 Å². The van der Waals surface area contributed by atoms with E-state index in [0.717, 1.165) is 0 Å². The molecule has 0 aromatic rings. The first-order valence-corrected chi connectivity index (χ1v) is 6.65. The van der Waals surface area contributed by atoms with Crippen LogP contribution in [0.15, 0.2) is 0 Å². The molecule has 0 aromatic carbocycles. The number of Topliss-reactive ketones (excluding diaryl/α,β-unsaturated/α-hetero) is 1. The molecule has 0 N–H and O–H groups in total. The van der Waals surface area contributed by atoms with Crippen molar-refractivity contribution in [2.45, 2.75) is 45.1 Å². The lowest BCUT2D eigenvalue weighted by molar-refractivity contribution is -0.188. The summed E-state index contributed by atoms with van der Waals surface area (Å²) in [5.41, 5.74) is -0.780. The van der Waals surface area contributed by atoms with Gasteiger partial charge in [-0.15, -0.1) is 11.6 Å². The molecule has 3 nitrogen and oxygen atoms in total. The fraction of sp³-hybridized carbons (Fsp3) is 0.833. The van der Waals surface area contributed by atoms with Crippen LogP contribution >= 0.6 is 11.6 Å². The fourth-order valence-corrected chi connectivity index (χ4v) is 2.73. The highest BCUT2D eigenvalue weighted by atomic mass is 35.5. The number of rotatable bonds is 4. The molecule has 1 aliphatic heterocycles. The van der Waals surface area contributed by atoms with E-state index in [1.54, 1.807) is 13.8 Å². The van der Waals surface area contributed by atoms with Gasteiger partial charge in [-0.05, 0) is 18.3 Å². The topological polar surface area (TPSA) is 37.4 Å². The predicted octanol–water partition coefficient (Wildman–Crippen LogP) is 2.71. The fourth-order valence-electron chi connectivity index (χ4n) is 2.58. The molecule has 0 radical (unpaired) electrons. The van der Waals surface area contributed by atoms with Gasteiger partial charge in [-0.2, -0.15) is 8.78 Å². The second-order valence-corrected chi connectivity index (χ2v) is 5.78. The number of nitrogens with zero attached hydrogens (tertiary/aromatic N) is 1. The van der Waals surface area contributed by atoms with E-state index in [-0.39, 0.29) is 6.54 Å². The number of carbonyl (C=O) groups excluding carboxylic acids is 2. The third kappa shape index (κ3) is 3.07. The van der Waals surface area contributed by atoms with Crippen LogP contribution in [0.2, 0.25) is 0 Å². The Labute approximate surface area is 119 Å². The van der Waals surface area contributed by atoms with E-state index >= 15 is 0 Å². The van der Waals surface area contributed by atoms with Gasteiger partial charge in [0, 0.05) is 6.54 Å². The number of ketones is 1. The van der Waals surface area contributed by atoms with Crippen LogP contribution in [-0.2, 0) is 9.59 Å². The van der Waals surface area contributed by atoms with Crippen LogP contribution in [0.1, 0.15) is 26.7 Å². The Hall–Kier alpha value is -0.850. The van der Waals surface area contributed by atoms with Crippen molar-refractivity contribution in [2.24, 2.45) is 5.41 Å². The average molecular weight is 318 g/mol. The highest BCUT2D eigenvalue weighted by Crippen LogP contribution is 2.38. The Kier molecular flexibility index (Phi) is 5.05. The van der Waals surface area contributed by atoms with Gasteiger partial charge >= 0.3 is 12.3 Å². The van der Waals surface area contributed by atoms with E-state index in [1.165, 1.54) is 0 Å². The molecule has 8 heteroatoms. The van der Waals surface area contributed by atoms with Crippen LogP contribution in [0.3, 0.4) is 0 Å². The SMILES string of the molecule is CC1(C)CCCN(C(=O)C(F)(F)C(F)F)C1C(=O)CCl. The van der Waals surface area contributed by atoms with Crippen molar-refractivity contribution < 1.29 is 27.2 Å². The maximum atomic E-state index is 13.2. The lowest BCUT2D eigenvalue weighted by Crippen LogP contribution is -2.61. The van der Waals surface area contributed by atoms with Crippen molar-refractivity contribution >= 4 is 23.3 Å². The maximum absolute atomic E-state index is 13.2. The molecule has 1 aliphatic rings. The maximum Gasteiger partial charge on any atom is 0.383 e. The van der Waals surface area contributed by atoms with Gasteiger partial charge in [0.15, 0.2) is 5.78 Å². The smallest absolute Gasteiger partial charge is 0.327 e. The first-order valence-electron chi connectivity index (χ1n) is 6.11. The summed E-state index contributed by atoms with van der Waals surface area (Å²) < 4.78 is 51.1. The van der Waals surface area contributed by atoms with E-state index in [2.05, 4.69) is 0 Å². The predicted molar refractivity (Wildman–Crippen MR) is 65.2 cm³/mol. The van der Waals surface area contributed by atoms with Crippen LogP contribution in [0.5, 0.6) is 0 Å². The molecule has 0 spiro atoms. The van der Waals surface area contributed by atoms with Crippen molar-refractivity contribution in [1.82, 2.24) is 4.90 Å². The van der Waals surface area contributed by atoms with Gasteiger partial charge in [0.25, 0.3) is 5.91 Å². The number of carbonyl (C=O) groups is 2. The third-order valence-electron chi connectivity index (χ3n) is 3.53. The summed E-state index contributed by atoms with van der Waals surface area (Å²) in [6, 6.07) is -1.20. The van der Waals surface area contributed by atoms with E-state index in [0.29, 0.717) is 17.7 Å². The second-order valence-electron chi connectivity index (χ2n) is 5.52. The van der Waals surface area contributed by atoms with Crippen LogP contribution in [-0.4, -0.2) is 47.4 Å². The molecule has 1 heterocycles. The summed E-state index contributed by atoms with van der Waals surface area (Å²) in [7, 11) is 0. The minimum Gasteiger partial charge on any atom is -0.327 e. The lowest BCUT2D eigenvalue weighted by Gasteiger charge is -2.46. The van der Waals surface area contributed by atoms with E-state index in [1.807, 2.05) is 0 Å². The highest BCUT2D eigenvalue weighted by molar-refractivity contribution is 6.28. The number of halogens is 5. The van der Waals surface area contributed by atoms with E-state index in [4.69, 9.17) is 11.6 Å². The molecule has 1 fully saturated rings. The van der Waals surface area contributed by atoms with E-state index < -0.39 is 41.4 Å². The minimum atomic E-state index is -4.79. The standard InChI is InChI=1S/C12H16ClF4NO2/c1-11(2)4-3-5-18(8(11)7(19)6-13)10(20)12(16,17)9(14)15/h8-9H,3-6H2,1-2H3. The molecular weight excluding hydrogens is 302 g/mol. The Balaban J connectivity index is 3.13. The molecule has 0 saturated carbocycles. The lowest BCUT2D eigenvalue weighted by atomic mass is 9.74. The Morgan fingerprint density at radius 3 is 2.40 bits per heavy atom. The van der Waals surface area contributed by atoms with Crippen molar-refractivity contribution in [3.8, 4) is 0 Å². The molecule has 0 aromatic heterocycles. The molecule has 0 aliphatic carbocycles. The Morgan fingerprint density at radius 1 is 1.40 bits per heavy atom. The molecule has 1 amide bonds. The third-order valence-corrected chi connectivity index (χ3v) is 3.79. The number of piperidine rings is 1. The summed E-state index contributed by atoms with van der Waals surface area (Å²) in [6.07, 6.45) is -3.22. The zero-order valence-electron chi connectivity index (χ0n) is 11.1. The first-order chi connectivity index (χ1) is 9.05. The highest BCUT2D eigenvalue weighted by Gasteiger charge is 2.55. The molecule has 1 atom stereocenters. The van der Waals surface area contributed by atoms with Crippen molar-refractivity contribution in [3.63, 3.8) is 0 Å². The van der Waals surface area contributed by atoms with Crippen molar-refractivity contribution in [3.05, 3.63) is 0 Å². The van der Waals surface area contributed by atoms with Gasteiger partial charge in [0.05, 0.1) is 11.9 Å². The van der Waals surface area contributed by atoms with E-state index in [9.17, 15) is 27.2 Å². The van der Waals surface area contributed by atoms with Crippen LogP contribution in [0, 0.1) is 5.41 Å². The molecular formula is C12H16ClF4NO2. The molecule has 20 heavy (non-hydrogen) atoms. The van der Waals surface area contributed by atoms with Crippen molar-refractivity contribution in [1.29, 1.82) is 0 Å². The minimum absolute atomic E-state index is 0.155. The Bertz CT molecular complexity index is 401. The normalized spacial score (nSPS) is 23.0. The zero-order valence-corrected chi connectivity index (χ0v) is 11.9. The van der Waals surface area contributed by atoms with Gasteiger partial charge in [-0.1, -0.05) is 13.8 Å². The first kappa shape index (κ1) is 17.2. The number of hydrogen-bond acceptors (Lipinski definition) is 2. The molecule has 0 bridgehead atoms. The number of amides is 1. The molecule has 1 rings (SSSR count). The number of hydrogen-bond donors (Lipinski definition) is 0. The zero-order chi connectivity index (χ0) is 15.7. The van der Waals surface area contributed by atoms with Crippen LogP contribution in [0.4, 0.5) is 17.6 Å². The van der Waals surface area contributed by atoms with Gasteiger partial charge in [0.1, 0.15) is 0 Å². The summed E-state index contributed by atoms with van der Waals surface area (Å²) in [5.74, 6) is -7.88. The number of alkyl halides is 5. The van der Waals surface area contributed by atoms with Gasteiger partial charge in [0.2, 0.25) is 0 Å².